The average molecular weight is 524 g/mol. The Kier molecular flexibility index (Phi) is 6.16. The number of halogens is 3. The number of aromatic nitrogens is 4. The molecule has 3 heterocycles. The first kappa shape index (κ1) is 24.4. The van der Waals surface area contributed by atoms with E-state index in [1.807, 2.05) is 6.07 Å². The molecule has 0 unspecified atom stereocenters. The number of benzene rings is 2. The maximum atomic E-state index is 13.5. The maximum absolute atomic E-state index is 13.5. The molecule has 11 heteroatoms. The Hall–Kier alpha value is -4.25. The van der Waals surface area contributed by atoms with Crippen LogP contribution in [0.4, 0.5) is 24.7 Å². The van der Waals surface area contributed by atoms with Crippen LogP contribution in [0.1, 0.15) is 17.0 Å². The van der Waals surface area contributed by atoms with E-state index in [0.29, 0.717) is 22.2 Å². The van der Waals surface area contributed by atoms with Gasteiger partial charge in [-0.25, -0.2) is 22.4 Å². The molecule has 0 aliphatic heterocycles. The largest absolute Gasteiger partial charge is 0.433 e. The number of rotatable bonds is 6. The predicted molar refractivity (Wildman–Crippen MR) is 135 cm³/mol. The molecule has 0 aliphatic rings. The molecule has 3 aromatic heterocycles. The number of fused-ring (bicyclic) bond motifs is 1. The number of aryl methyl sites for hydroxylation is 1. The van der Waals surface area contributed by atoms with Crippen LogP contribution in [0.2, 0.25) is 0 Å². The van der Waals surface area contributed by atoms with E-state index in [0.717, 1.165) is 16.2 Å². The predicted octanol–water partition coefficient (Wildman–Crippen LogP) is 5.94. The van der Waals surface area contributed by atoms with Crippen molar-refractivity contribution >= 4 is 32.6 Å². The maximum Gasteiger partial charge on any atom is 0.433 e. The van der Waals surface area contributed by atoms with E-state index in [1.54, 1.807) is 67.6 Å². The third-order valence-electron chi connectivity index (χ3n) is 5.61. The Labute approximate surface area is 210 Å². The summed E-state index contributed by atoms with van der Waals surface area (Å²) in [5, 5.41) is 3.26. The molecule has 0 saturated heterocycles. The standard InChI is InChI=1S/C26H20F3N5O2S/c1-17-14-21-24(31-20-12-13-30-22(15-20)26(27,28)29)32-23(19-10-6-3-7-11-19)33-25(21)34(17)37(35,36)16-18-8-4-2-5-9-18/h2-15H,16H2,1H3,(H,30,31,32,33). The van der Waals surface area contributed by atoms with Crippen molar-refractivity contribution in [1.29, 1.82) is 0 Å². The summed E-state index contributed by atoms with van der Waals surface area (Å²) in [6, 6.07) is 21.5. The fraction of sp³-hybridized carbons (Fsp3) is 0.115. The van der Waals surface area contributed by atoms with Crippen LogP contribution in [0.25, 0.3) is 22.4 Å². The molecule has 1 N–H and O–H groups in total. The van der Waals surface area contributed by atoms with Crippen LogP contribution in [0, 0.1) is 6.92 Å². The van der Waals surface area contributed by atoms with E-state index >= 15 is 0 Å². The van der Waals surface area contributed by atoms with Crippen molar-refractivity contribution in [2.75, 3.05) is 5.32 Å². The summed E-state index contributed by atoms with van der Waals surface area (Å²) in [6.45, 7) is 1.63. The highest BCUT2D eigenvalue weighted by atomic mass is 32.2. The number of anilines is 2. The van der Waals surface area contributed by atoms with Crippen molar-refractivity contribution in [3.8, 4) is 11.4 Å². The second-order valence-electron chi connectivity index (χ2n) is 8.34. The van der Waals surface area contributed by atoms with Crippen LogP contribution in [-0.4, -0.2) is 27.3 Å². The Morgan fingerprint density at radius 1 is 0.919 bits per heavy atom. The molecule has 0 fully saturated rings. The van der Waals surface area contributed by atoms with Crippen molar-refractivity contribution in [3.05, 3.63) is 102 Å². The normalized spacial score (nSPS) is 12.1. The molecule has 0 bridgehead atoms. The van der Waals surface area contributed by atoms with Gasteiger partial charge in [0.2, 0.25) is 10.0 Å². The number of nitrogens with zero attached hydrogens (tertiary/aromatic N) is 4. The lowest BCUT2D eigenvalue weighted by Gasteiger charge is -2.13. The number of pyridine rings is 1. The molecule has 188 valence electrons. The molecule has 0 saturated carbocycles. The van der Waals surface area contributed by atoms with E-state index in [4.69, 9.17) is 0 Å². The van der Waals surface area contributed by atoms with E-state index < -0.39 is 21.9 Å². The fourth-order valence-corrected chi connectivity index (χ4v) is 5.63. The summed E-state index contributed by atoms with van der Waals surface area (Å²) >= 11 is 0. The third kappa shape index (κ3) is 5.03. The highest BCUT2D eigenvalue weighted by molar-refractivity contribution is 7.89. The van der Waals surface area contributed by atoms with Crippen LogP contribution in [0.5, 0.6) is 0 Å². The topological polar surface area (TPSA) is 89.8 Å². The molecule has 0 atom stereocenters. The minimum atomic E-state index is -4.63. The summed E-state index contributed by atoms with van der Waals surface area (Å²) in [4.78, 5) is 12.5. The monoisotopic (exact) mass is 523 g/mol. The Morgan fingerprint density at radius 3 is 2.27 bits per heavy atom. The van der Waals surface area contributed by atoms with E-state index in [-0.39, 0.29) is 28.7 Å². The van der Waals surface area contributed by atoms with Gasteiger partial charge in [0.15, 0.2) is 11.5 Å². The molecule has 5 rings (SSSR count). The van der Waals surface area contributed by atoms with Crippen LogP contribution in [0.3, 0.4) is 0 Å². The van der Waals surface area contributed by atoms with Gasteiger partial charge in [-0.3, -0.25) is 4.98 Å². The van der Waals surface area contributed by atoms with Gasteiger partial charge < -0.3 is 5.32 Å². The van der Waals surface area contributed by atoms with Gasteiger partial charge in [0.05, 0.1) is 11.1 Å². The number of hydrogen-bond donors (Lipinski definition) is 1. The molecular weight excluding hydrogens is 503 g/mol. The third-order valence-corrected chi connectivity index (χ3v) is 7.32. The lowest BCUT2D eigenvalue weighted by molar-refractivity contribution is -0.141. The van der Waals surface area contributed by atoms with Gasteiger partial charge in [-0.1, -0.05) is 60.7 Å². The van der Waals surface area contributed by atoms with Crippen molar-refractivity contribution in [1.82, 2.24) is 18.9 Å². The summed E-state index contributed by atoms with van der Waals surface area (Å²) in [5.41, 5.74) is 0.762. The lowest BCUT2D eigenvalue weighted by atomic mass is 10.2. The quantitative estimate of drug-likeness (QED) is 0.296. The van der Waals surface area contributed by atoms with Gasteiger partial charge in [-0.2, -0.15) is 13.2 Å². The Bertz CT molecular complexity index is 1690. The van der Waals surface area contributed by atoms with Gasteiger partial charge in [0.25, 0.3) is 0 Å². The van der Waals surface area contributed by atoms with Crippen molar-refractivity contribution in [2.24, 2.45) is 0 Å². The zero-order valence-electron chi connectivity index (χ0n) is 19.4. The smallest absolute Gasteiger partial charge is 0.339 e. The van der Waals surface area contributed by atoms with Gasteiger partial charge in [-0.05, 0) is 30.7 Å². The second kappa shape index (κ2) is 9.32. The van der Waals surface area contributed by atoms with E-state index in [1.165, 1.54) is 6.07 Å². The van der Waals surface area contributed by atoms with Gasteiger partial charge in [-0.15, -0.1) is 0 Å². The number of hydrogen-bond acceptors (Lipinski definition) is 6. The first-order valence-corrected chi connectivity index (χ1v) is 12.8. The van der Waals surface area contributed by atoms with Crippen LogP contribution in [0.15, 0.2) is 85.1 Å². The highest BCUT2D eigenvalue weighted by Crippen LogP contribution is 2.33. The molecule has 37 heavy (non-hydrogen) atoms. The zero-order chi connectivity index (χ0) is 26.2. The number of nitrogens with one attached hydrogen (secondary N) is 1. The van der Waals surface area contributed by atoms with Gasteiger partial charge in [0, 0.05) is 23.1 Å². The minimum Gasteiger partial charge on any atom is -0.339 e. The van der Waals surface area contributed by atoms with Crippen LogP contribution < -0.4 is 5.32 Å². The summed E-state index contributed by atoms with van der Waals surface area (Å²) in [6.07, 6.45) is -3.58. The van der Waals surface area contributed by atoms with Gasteiger partial charge >= 0.3 is 6.18 Å². The second-order valence-corrected chi connectivity index (χ2v) is 10.2. The molecule has 5 aromatic rings. The van der Waals surface area contributed by atoms with Crippen molar-refractivity contribution < 1.29 is 21.6 Å². The fourth-order valence-electron chi connectivity index (χ4n) is 3.99. The summed E-state index contributed by atoms with van der Waals surface area (Å²) in [5.74, 6) is 0.125. The van der Waals surface area contributed by atoms with Crippen molar-refractivity contribution in [3.63, 3.8) is 0 Å². The first-order valence-electron chi connectivity index (χ1n) is 11.1. The molecule has 2 aromatic carbocycles. The molecule has 0 spiro atoms. The Balaban J connectivity index is 1.68. The zero-order valence-corrected chi connectivity index (χ0v) is 20.3. The van der Waals surface area contributed by atoms with Crippen molar-refractivity contribution in [2.45, 2.75) is 18.9 Å². The summed E-state index contributed by atoms with van der Waals surface area (Å²) < 4.78 is 67.9. The van der Waals surface area contributed by atoms with E-state index in [9.17, 15) is 21.6 Å². The highest BCUT2D eigenvalue weighted by Gasteiger charge is 2.32. The molecule has 0 radical (unpaired) electrons. The molecule has 0 amide bonds. The molecule has 7 nitrogen and oxygen atoms in total. The van der Waals surface area contributed by atoms with Gasteiger partial charge in [0.1, 0.15) is 11.5 Å². The average Bonchev–Trinajstić information content (AvgIpc) is 3.21. The summed E-state index contributed by atoms with van der Waals surface area (Å²) in [7, 11) is -3.90. The van der Waals surface area contributed by atoms with Crippen LogP contribution >= 0.6 is 0 Å². The lowest BCUT2D eigenvalue weighted by Crippen LogP contribution is -2.17. The van der Waals surface area contributed by atoms with E-state index in [2.05, 4.69) is 20.3 Å². The molecular formula is C26H20F3N5O2S. The SMILES string of the molecule is Cc1cc2c(Nc3ccnc(C(F)(F)F)c3)nc(-c3ccccc3)nc2n1S(=O)(=O)Cc1ccccc1. The minimum absolute atomic E-state index is 0.0962. The Morgan fingerprint density at radius 2 is 1.59 bits per heavy atom. The first-order chi connectivity index (χ1) is 17.6. The molecule has 0 aliphatic carbocycles. The van der Waals surface area contributed by atoms with Crippen LogP contribution in [-0.2, 0) is 22.0 Å². The number of alkyl halides is 3.